The van der Waals surface area contributed by atoms with E-state index in [-0.39, 0.29) is 10.8 Å². The Morgan fingerprint density at radius 1 is 1.00 bits per heavy atom. The number of aromatic hydroxyl groups is 2. The van der Waals surface area contributed by atoms with E-state index in [4.69, 9.17) is 0 Å². The lowest BCUT2D eigenvalue weighted by Gasteiger charge is -2.05. The third-order valence-electron chi connectivity index (χ3n) is 2.55. The number of halogens is 1. The normalized spacial score (nSPS) is 10.6. The Morgan fingerprint density at radius 2 is 1.63 bits per heavy atom. The van der Waals surface area contributed by atoms with Gasteiger partial charge in [-0.3, -0.25) is 20.2 Å². The van der Waals surface area contributed by atoms with E-state index in [1.807, 2.05) is 0 Å². The van der Waals surface area contributed by atoms with Crippen LogP contribution in [0, 0.1) is 26.0 Å². The van der Waals surface area contributed by atoms with Gasteiger partial charge in [0.1, 0.15) is 0 Å². The van der Waals surface area contributed by atoms with E-state index in [0.29, 0.717) is 6.07 Å². The van der Waals surface area contributed by atoms with Crippen LogP contribution in [0.1, 0.15) is 0 Å². The van der Waals surface area contributed by atoms with E-state index in [0.717, 1.165) is 12.1 Å². The molecule has 0 radical (unpaired) electrons. The molecular formula is C10H5FN2O6. The van der Waals surface area contributed by atoms with E-state index in [2.05, 4.69) is 0 Å². The third kappa shape index (κ3) is 1.76. The largest absolute Gasteiger partial charge is 0.502 e. The fraction of sp³-hybridized carbons (Fsp3) is 0. The maximum absolute atomic E-state index is 13.5. The zero-order valence-electron chi connectivity index (χ0n) is 9.03. The van der Waals surface area contributed by atoms with Gasteiger partial charge < -0.3 is 10.2 Å². The van der Waals surface area contributed by atoms with E-state index in [1.54, 1.807) is 0 Å². The zero-order valence-corrected chi connectivity index (χ0v) is 9.03. The predicted octanol–water partition coefficient (Wildman–Crippen LogP) is 2.21. The number of benzene rings is 2. The molecule has 0 atom stereocenters. The van der Waals surface area contributed by atoms with Gasteiger partial charge >= 0.3 is 11.4 Å². The number of hydrogen-bond donors (Lipinski definition) is 2. The van der Waals surface area contributed by atoms with Crippen molar-refractivity contribution >= 4 is 22.1 Å². The van der Waals surface area contributed by atoms with Crippen molar-refractivity contribution < 1.29 is 24.5 Å². The minimum atomic E-state index is -1.40. The molecule has 0 saturated heterocycles. The van der Waals surface area contributed by atoms with Gasteiger partial charge in [0.05, 0.1) is 9.85 Å². The van der Waals surface area contributed by atoms with Crippen LogP contribution in [0.5, 0.6) is 11.5 Å². The van der Waals surface area contributed by atoms with Crippen LogP contribution in [0.2, 0.25) is 0 Å². The molecule has 0 unspecified atom stereocenters. The number of phenolic OH excluding ortho intramolecular Hbond substituents is 2. The van der Waals surface area contributed by atoms with Gasteiger partial charge in [0, 0.05) is 16.8 Å². The Balaban J connectivity index is 2.92. The highest BCUT2D eigenvalue weighted by Crippen LogP contribution is 2.43. The first-order chi connectivity index (χ1) is 8.84. The molecule has 2 aromatic rings. The van der Waals surface area contributed by atoms with Crippen LogP contribution in [0.3, 0.4) is 0 Å². The molecule has 0 bridgehead atoms. The molecule has 0 aliphatic heterocycles. The predicted molar refractivity (Wildman–Crippen MR) is 60.5 cm³/mol. The highest BCUT2D eigenvalue weighted by molar-refractivity contribution is 5.98. The minimum Gasteiger partial charge on any atom is -0.502 e. The van der Waals surface area contributed by atoms with Crippen molar-refractivity contribution in [2.45, 2.75) is 0 Å². The molecule has 19 heavy (non-hydrogen) atoms. The molecule has 2 N–H and O–H groups in total. The second kappa shape index (κ2) is 4.05. The molecule has 0 aromatic heterocycles. The van der Waals surface area contributed by atoms with Gasteiger partial charge in [-0.05, 0) is 12.1 Å². The van der Waals surface area contributed by atoms with Gasteiger partial charge in [-0.15, -0.1) is 0 Å². The minimum absolute atomic E-state index is 0.254. The number of nitro benzene ring substituents is 2. The molecule has 0 fully saturated rings. The molecule has 98 valence electrons. The molecule has 9 heteroatoms. The molecule has 8 nitrogen and oxygen atoms in total. The first-order valence-corrected chi connectivity index (χ1v) is 4.80. The van der Waals surface area contributed by atoms with E-state index in [9.17, 15) is 34.8 Å². The Hall–Kier alpha value is -2.97. The fourth-order valence-electron chi connectivity index (χ4n) is 1.71. The second-order valence-corrected chi connectivity index (χ2v) is 3.60. The monoisotopic (exact) mass is 268 g/mol. The van der Waals surface area contributed by atoms with Crippen molar-refractivity contribution in [3.05, 3.63) is 44.2 Å². The van der Waals surface area contributed by atoms with Gasteiger partial charge in [0.15, 0.2) is 0 Å². The lowest BCUT2D eigenvalue weighted by atomic mass is 10.1. The second-order valence-electron chi connectivity index (χ2n) is 3.60. The molecule has 0 saturated carbocycles. The molecule has 0 heterocycles. The van der Waals surface area contributed by atoms with Crippen LogP contribution < -0.4 is 0 Å². The quantitative estimate of drug-likeness (QED) is 0.634. The Morgan fingerprint density at radius 3 is 2.16 bits per heavy atom. The Labute approximate surface area is 103 Å². The van der Waals surface area contributed by atoms with Gasteiger partial charge in [-0.25, -0.2) is 0 Å². The van der Waals surface area contributed by atoms with Crippen LogP contribution >= 0.6 is 0 Å². The first kappa shape index (κ1) is 12.5. The standard InChI is InChI=1S/C10H5FN2O6/c11-6-3-5-4(10(15)8(6)13(18)19)1-2-7(9(5)14)12(16)17/h1-3,14-15H. The summed E-state index contributed by atoms with van der Waals surface area (Å²) in [5.41, 5.74) is -1.85. The zero-order chi connectivity index (χ0) is 14.3. The maximum Gasteiger partial charge on any atom is 0.346 e. The van der Waals surface area contributed by atoms with Gasteiger partial charge in [-0.1, -0.05) is 0 Å². The van der Waals surface area contributed by atoms with Gasteiger partial charge in [-0.2, -0.15) is 4.39 Å². The maximum atomic E-state index is 13.5. The highest BCUT2D eigenvalue weighted by atomic mass is 19.1. The number of rotatable bonds is 2. The molecule has 2 aromatic carbocycles. The van der Waals surface area contributed by atoms with Crippen molar-refractivity contribution in [3.8, 4) is 11.5 Å². The fourth-order valence-corrected chi connectivity index (χ4v) is 1.71. The Bertz CT molecular complexity index is 730. The van der Waals surface area contributed by atoms with Crippen molar-refractivity contribution in [1.82, 2.24) is 0 Å². The van der Waals surface area contributed by atoms with E-state index < -0.39 is 38.5 Å². The summed E-state index contributed by atoms with van der Waals surface area (Å²) in [6.07, 6.45) is 0. The molecule has 0 aliphatic rings. The summed E-state index contributed by atoms with van der Waals surface area (Å²) in [5, 5.41) is 39.7. The smallest absolute Gasteiger partial charge is 0.346 e. The van der Waals surface area contributed by atoms with Crippen LogP contribution in [0.25, 0.3) is 10.8 Å². The molecular weight excluding hydrogens is 263 g/mol. The van der Waals surface area contributed by atoms with Gasteiger partial charge in [0.2, 0.25) is 17.3 Å². The molecule has 2 rings (SSSR count). The molecule has 0 spiro atoms. The summed E-state index contributed by atoms with van der Waals surface area (Å²) >= 11 is 0. The summed E-state index contributed by atoms with van der Waals surface area (Å²) in [7, 11) is 0. The van der Waals surface area contributed by atoms with Crippen molar-refractivity contribution in [1.29, 1.82) is 0 Å². The van der Waals surface area contributed by atoms with E-state index in [1.165, 1.54) is 0 Å². The van der Waals surface area contributed by atoms with Crippen molar-refractivity contribution in [2.24, 2.45) is 0 Å². The van der Waals surface area contributed by atoms with Gasteiger partial charge in [0.25, 0.3) is 0 Å². The summed E-state index contributed by atoms with van der Waals surface area (Å²) in [6, 6.07) is 2.42. The number of nitro groups is 2. The summed E-state index contributed by atoms with van der Waals surface area (Å²) in [5.74, 6) is -3.26. The lowest BCUT2D eigenvalue weighted by molar-refractivity contribution is -0.388. The van der Waals surface area contributed by atoms with Crippen LogP contribution in [-0.2, 0) is 0 Å². The molecule has 0 amide bonds. The third-order valence-corrected chi connectivity index (χ3v) is 2.55. The SMILES string of the molecule is O=[N+]([O-])c1ccc2c(O)c([N+](=O)[O-])c(F)cc2c1O. The Kier molecular flexibility index (Phi) is 2.66. The van der Waals surface area contributed by atoms with Crippen LogP contribution in [-0.4, -0.2) is 20.1 Å². The average molecular weight is 268 g/mol. The first-order valence-electron chi connectivity index (χ1n) is 4.80. The number of phenols is 2. The van der Waals surface area contributed by atoms with Crippen LogP contribution in [0.4, 0.5) is 15.8 Å². The highest BCUT2D eigenvalue weighted by Gasteiger charge is 2.27. The molecule has 0 aliphatic carbocycles. The summed E-state index contributed by atoms with van der Waals surface area (Å²) < 4.78 is 13.5. The number of nitrogens with zero attached hydrogens (tertiary/aromatic N) is 2. The number of hydrogen-bond acceptors (Lipinski definition) is 6. The average Bonchev–Trinajstić information content (AvgIpc) is 2.29. The summed E-state index contributed by atoms with van der Waals surface area (Å²) in [4.78, 5) is 19.2. The van der Waals surface area contributed by atoms with E-state index >= 15 is 0 Å². The van der Waals surface area contributed by atoms with Crippen LogP contribution in [0.15, 0.2) is 18.2 Å². The topological polar surface area (TPSA) is 127 Å². The number of fused-ring (bicyclic) bond motifs is 1. The lowest BCUT2D eigenvalue weighted by Crippen LogP contribution is -1.95. The van der Waals surface area contributed by atoms with Crippen molar-refractivity contribution in [2.75, 3.05) is 0 Å². The summed E-state index contributed by atoms with van der Waals surface area (Å²) in [6.45, 7) is 0. The van der Waals surface area contributed by atoms with Crippen molar-refractivity contribution in [3.63, 3.8) is 0 Å².